The molecular formula is C49H35NO. The molecule has 10 rings (SSSR count). The summed E-state index contributed by atoms with van der Waals surface area (Å²) >= 11 is 0. The van der Waals surface area contributed by atoms with Crippen molar-refractivity contribution in [3.05, 3.63) is 187 Å². The second-order valence-corrected chi connectivity index (χ2v) is 14.1. The van der Waals surface area contributed by atoms with Crippen LogP contribution in [0.25, 0.3) is 66.1 Å². The second kappa shape index (κ2) is 11.3. The second-order valence-electron chi connectivity index (χ2n) is 14.1. The first-order valence-electron chi connectivity index (χ1n) is 17.7. The van der Waals surface area contributed by atoms with E-state index in [0.29, 0.717) is 0 Å². The molecule has 0 radical (unpaired) electrons. The van der Waals surface area contributed by atoms with Crippen molar-refractivity contribution in [2.24, 2.45) is 0 Å². The van der Waals surface area contributed by atoms with Crippen LogP contribution in [0.1, 0.15) is 25.0 Å². The molecule has 0 unspecified atom stereocenters. The molecule has 0 saturated heterocycles. The number of anilines is 3. The van der Waals surface area contributed by atoms with Crippen LogP contribution >= 0.6 is 0 Å². The van der Waals surface area contributed by atoms with Crippen LogP contribution in [0.4, 0.5) is 17.1 Å². The van der Waals surface area contributed by atoms with E-state index in [1.807, 2.05) is 6.07 Å². The first kappa shape index (κ1) is 29.5. The molecule has 1 heterocycles. The summed E-state index contributed by atoms with van der Waals surface area (Å²) in [4.78, 5) is 2.48. The first-order chi connectivity index (χ1) is 25.1. The molecule has 9 aromatic rings. The van der Waals surface area contributed by atoms with E-state index >= 15 is 0 Å². The molecule has 51 heavy (non-hydrogen) atoms. The highest BCUT2D eigenvalue weighted by molar-refractivity contribution is 6.11. The highest BCUT2D eigenvalue weighted by Crippen LogP contribution is 2.57. The average molecular weight is 654 g/mol. The Hall–Kier alpha value is -6.38. The minimum absolute atomic E-state index is 0.147. The van der Waals surface area contributed by atoms with Crippen LogP contribution in [0.15, 0.2) is 180 Å². The third kappa shape index (κ3) is 4.57. The van der Waals surface area contributed by atoms with E-state index in [1.54, 1.807) is 0 Å². The Balaban J connectivity index is 1.25. The summed E-state index contributed by atoms with van der Waals surface area (Å²) in [6, 6.07) is 63.7. The summed E-state index contributed by atoms with van der Waals surface area (Å²) in [6.45, 7) is 4.73. The Morgan fingerprint density at radius 2 is 1.02 bits per heavy atom. The van der Waals surface area contributed by atoms with Gasteiger partial charge in [0.15, 0.2) is 0 Å². The maximum absolute atomic E-state index is 6.31. The smallest absolute Gasteiger partial charge is 0.135 e. The third-order valence-electron chi connectivity index (χ3n) is 10.9. The highest BCUT2D eigenvalue weighted by Gasteiger charge is 2.39. The summed E-state index contributed by atoms with van der Waals surface area (Å²) in [5, 5.41) is 4.69. The lowest BCUT2D eigenvalue weighted by atomic mass is 9.81. The zero-order chi connectivity index (χ0) is 34.1. The van der Waals surface area contributed by atoms with Gasteiger partial charge in [-0.3, -0.25) is 0 Å². The maximum Gasteiger partial charge on any atom is 0.135 e. The van der Waals surface area contributed by atoms with E-state index in [-0.39, 0.29) is 5.41 Å². The Labute approximate surface area is 297 Å². The van der Waals surface area contributed by atoms with E-state index in [9.17, 15) is 0 Å². The number of para-hydroxylation sites is 1. The molecule has 1 aliphatic carbocycles. The lowest BCUT2D eigenvalue weighted by molar-refractivity contribution is 0.661. The number of rotatable bonds is 5. The van der Waals surface area contributed by atoms with E-state index in [1.165, 1.54) is 61.0 Å². The molecule has 0 aliphatic heterocycles. The normalized spacial score (nSPS) is 13.1. The molecule has 0 spiro atoms. The zero-order valence-corrected chi connectivity index (χ0v) is 28.6. The molecule has 1 aliphatic rings. The van der Waals surface area contributed by atoms with Crippen LogP contribution in [0.2, 0.25) is 0 Å². The molecule has 0 N–H and O–H groups in total. The molecule has 1 aromatic heterocycles. The average Bonchev–Trinajstić information content (AvgIpc) is 3.67. The summed E-state index contributed by atoms with van der Waals surface area (Å²) in [7, 11) is 0. The van der Waals surface area contributed by atoms with Gasteiger partial charge < -0.3 is 9.32 Å². The number of hydrogen-bond acceptors (Lipinski definition) is 2. The van der Waals surface area contributed by atoms with E-state index in [2.05, 4.69) is 189 Å². The predicted octanol–water partition coefficient (Wildman–Crippen LogP) is 13.8. The van der Waals surface area contributed by atoms with Gasteiger partial charge in [0.2, 0.25) is 0 Å². The Bertz CT molecular complexity index is 2770. The number of fused-ring (bicyclic) bond motifs is 7. The summed E-state index contributed by atoms with van der Waals surface area (Å²) in [5.74, 6) is 0. The van der Waals surface area contributed by atoms with E-state index in [0.717, 1.165) is 33.3 Å². The van der Waals surface area contributed by atoms with Crippen LogP contribution in [-0.2, 0) is 5.41 Å². The lowest BCUT2D eigenvalue weighted by Gasteiger charge is -2.30. The molecule has 0 saturated carbocycles. The van der Waals surface area contributed by atoms with E-state index in [4.69, 9.17) is 4.42 Å². The third-order valence-corrected chi connectivity index (χ3v) is 10.9. The van der Waals surface area contributed by atoms with Crippen LogP contribution in [0.5, 0.6) is 0 Å². The van der Waals surface area contributed by atoms with Crippen molar-refractivity contribution in [3.8, 4) is 33.4 Å². The van der Waals surface area contributed by atoms with E-state index < -0.39 is 0 Å². The quantitative estimate of drug-likeness (QED) is 0.184. The van der Waals surface area contributed by atoms with Gasteiger partial charge in [0, 0.05) is 38.5 Å². The minimum Gasteiger partial charge on any atom is -0.456 e. The largest absolute Gasteiger partial charge is 0.456 e. The minimum atomic E-state index is -0.147. The maximum atomic E-state index is 6.31. The van der Waals surface area contributed by atoms with Crippen molar-refractivity contribution in [3.63, 3.8) is 0 Å². The van der Waals surface area contributed by atoms with Gasteiger partial charge in [-0.25, -0.2) is 0 Å². The molecule has 2 heteroatoms. The van der Waals surface area contributed by atoms with Crippen molar-refractivity contribution >= 4 is 49.8 Å². The number of nitrogens with zero attached hydrogens (tertiary/aromatic N) is 1. The molecule has 0 amide bonds. The van der Waals surface area contributed by atoms with Gasteiger partial charge in [0.05, 0.1) is 5.69 Å². The van der Waals surface area contributed by atoms with Crippen molar-refractivity contribution in [2.75, 3.05) is 4.90 Å². The van der Waals surface area contributed by atoms with Gasteiger partial charge in [0.25, 0.3) is 0 Å². The number of furan rings is 1. The van der Waals surface area contributed by atoms with Gasteiger partial charge in [-0.05, 0) is 86.8 Å². The SMILES string of the molecule is CC1(C)c2ccccc2-c2c1cc1ccccc1c2N(c1ccc(-c2ccccc2-c2ccccc2)cc1)c1ccc2oc3ccccc3c2c1. The monoisotopic (exact) mass is 653 g/mol. The van der Waals surface area contributed by atoms with Gasteiger partial charge in [0.1, 0.15) is 11.2 Å². The molecule has 0 atom stereocenters. The van der Waals surface area contributed by atoms with Crippen molar-refractivity contribution < 1.29 is 4.42 Å². The zero-order valence-electron chi connectivity index (χ0n) is 28.6. The standard InChI is InChI=1S/C49H35NO/c1-49(2)43-22-12-10-21-41(43)47-44(49)30-34-16-6-7-19-39(34)48(47)50(36-28-29-46-42(31-36)40-20-11-13-23-45(40)51-46)35-26-24-33(25-27-35)38-18-9-8-17-37(38)32-14-4-3-5-15-32/h3-31H,1-2H3. The Morgan fingerprint density at radius 3 is 1.80 bits per heavy atom. The fourth-order valence-electron chi connectivity index (χ4n) is 8.37. The summed E-state index contributed by atoms with van der Waals surface area (Å²) in [6.07, 6.45) is 0. The Kier molecular flexibility index (Phi) is 6.56. The van der Waals surface area contributed by atoms with Gasteiger partial charge in [-0.1, -0.05) is 147 Å². The van der Waals surface area contributed by atoms with Crippen molar-refractivity contribution in [1.82, 2.24) is 0 Å². The Morgan fingerprint density at radius 1 is 0.431 bits per heavy atom. The fourth-order valence-corrected chi connectivity index (χ4v) is 8.37. The molecule has 8 aromatic carbocycles. The van der Waals surface area contributed by atoms with Crippen LogP contribution in [0.3, 0.4) is 0 Å². The molecule has 0 bridgehead atoms. The van der Waals surface area contributed by atoms with Gasteiger partial charge in [-0.2, -0.15) is 0 Å². The van der Waals surface area contributed by atoms with Crippen molar-refractivity contribution in [1.29, 1.82) is 0 Å². The summed E-state index contributed by atoms with van der Waals surface area (Å²) in [5.41, 5.74) is 15.2. The number of benzene rings is 8. The molecule has 2 nitrogen and oxygen atoms in total. The van der Waals surface area contributed by atoms with Crippen LogP contribution in [0, 0.1) is 0 Å². The highest BCUT2D eigenvalue weighted by atomic mass is 16.3. The van der Waals surface area contributed by atoms with Gasteiger partial charge >= 0.3 is 0 Å². The van der Waals surface area contributed by atoms with Crippen LogP contribution in [-0.4, -0.2) is 0 Å². The first-order valence-corrected chi connectivity index (χ1v) is 17.7. The van der Waals surface area contributed by atoms with Gasteiger partial charge in [-0.15, -0.1) is 0 Å². The topological polar surface area (TPSA) is 16.4 Å². The summed E-state index contributed by atoms with van der Waals surface area (Å²) < 4.78 is 6.31. The molecule has 0 fully saturated rings. The van der Waals surface area contributed by atoms with Crippen LogP contribution < -0.4 is 4.90 Å². The lowest BCUT2D eigenvalue weighted by Crippen LogP contribution is -2.16. The molecular weight excluding hydrogens is 619 g/mol. The number of hydrogen-bond donors (Lipinski definition) is 0. The molecule has 242 valence electrons. The van der Waals surface area contributed by atoms with Crippen molar-refractivity contribution in [2.45, 2.75) is 19.3 Å². The fraction of sp³-hybridized carbons (Fsp3) is 0.0612. The predicted molar refractivity (Wildman–Crippen MR) is 214 cm³/mol.